The number of hydrogen-bond donors (Lipinski definition) is 1. The van der Waals surface area contributed by atoms with Crippen LogP contribution in [0.25, 0.3) is 0 Å². The minimum atomic E-state index is -0.267. The van der Waals surface area contributed by atoms with Crippen LogP contribution in [0.1, 0.15) is 5.56 Å². The van der Waals surface area contributed by atoms with Gasteiger partial charge in [0.05, 0.1) is 16.6 Å². The molecule has 0 bridgehead atoms. The minimum Gasteiger partial charge on any atom is -0.495 e. The number of ether oxygens (including phenoxy) is 1. The highest BCUT2D eigenvalue weighted by molar-refractivity contribution is 9.10. The van der Waals surface area contributed by atoms with E-state index < -0.39 is 0 Å². The van der Waals surface area contributed by atoms with Crippen molar-refractivity contribution in [2.45, 2.75) is 6.54 Å². The third kappa shape index (κ3) is 3.61. The molecule has 0 fully saturated rings. The van der Waals surface area contributed by atoms with Crippen molar-refractivity contribution in [3.63, 3.8) is 0 Å². The molecule has 0 saturated carbocycles. The fourth-order valence-electron chi connectivity index (χ4n) is 1.62. The second kappa shape index (κ2) is 6.26. The van der Waals surface area contributed by atoms with Gasteiger partial charge in [0.25, 0.3) is 0 Å². The third-order valence-electron chi connectivity index (χ3n) is 2.63. The highest BCUT2D eigenvalue weighted by atomic mass is 79.9. The van der Waals surface area contributed by atoms with E-state index in [2.05, 4.69) is 21.2 Å². The first kappa shape index (κ1) is 14.2. The van der Waals surface area contributed by atoms with Crippen molar-refractivity contribution in [2.24, 2.45) is 0 Å². The molecule has 0 radical (unpaired) electrons. The maximum atomic E-state index is 13.1. The molecule has 0 spiro atoms. The number of nitrogens with one attached hydrogen (secondary N) is 1. The topological polar surface area (TPSA) is 21.3 Å². The molecule has 5 heteroatoms. The molecule has 0 aromatic heterocycles. The molecular formula is C14H12BrClFNO. The van der Waals surface area contributed by atoms with Gasteiger partial charge < -0.3 is 10.1 Å². The van der Waals surface area contributed by atoms with Crippen molar-refractivity contribution in [1.29, 1.82) is 0 Å². The zero-order valence-electron chi connectivity index (χ0n) is 10.2. The molecule has 0 unspecified atom stereocenters. The van der Waals surface area contributed by atoms with Gasteiger partial charge in [-0.15, -0.1) is 0 Å². The van der Waals surface area contributed by atoms with Gasteiger partial charge in [0.15, 0.2) is 0 Å². The van der Waals surface area contributed by atoms with E-state index in [0.717, 1.165) is 11.3 Å². The van der Waals surface area contributed by atoms with Crippen LogP contribution in [0.3, 0.4) is 0 Å². The van der Waals surface area contributed by atoms with E-state index in [1.165, 1.54) is 6.07 Å². The fraction of sp³-hybridized carbons (Fsp3) is 0.143. The number of rotatable bonds is 4. The number of hydrogen-bond acceptors (Lipinski definition) is 2. The average molecular weight is 345 g/mol. The zero-order chi connectivity index (χ0) is 13.8. The van der Waals surface area contributed by atoms with Crippen LogP contribution in [0.2, 0.25) is 5.02 Å². The lowest BCUT2D eigenvalue weighted by Gasteiger charge is -2.10. The van der Waals surface area contributed by atoms with Crippen molar-refractivity contribution < 1.29 is 9.13 Å². The monoisotopic (exact) mass is 343 g/mol. The van der Waals surface area contributed by atoms with Gasteiger partial charge in [-0.25, -0.2) is 4.39 Å². The van der Waals surface area contributed by atoms with Gasteiger partial charge in [0, 0.05) is 18.3 Å². The number of anilines is 1. The molecule has 2 nitrogen and oxygen atoms in total. The van der Waals surface area contributed by atoms with E-state index >= 15 is 0 Å². The lowest BCUT2D eigenvalue weighted by molar-refractivity contribution is 0.415. The molecule has 2 rings (SSSR count). The lowest BCUT2D eigenvalue weighted by atomic mass is 10.2. The molecule has 0 amide bonds. The van der Waals surface area contributed by atoms with Crippen molar-refractivity contribution in [3.8, 4) is 5.75 Å². The summed E-state index contributed by atoms with van der Waals surface area (Å²) in [7, 11) is 1.57. The summed E-state index contributed by atoms with van der Waals surface area (Å²) in [6.45, 7) is 0.587. The summed E-state index contributed by atoms with van der Waals surface area (Å²) < 4.78 is 18.7. The Morgan fingerprint density at radius 2 is 2.05 bits per heavy atom. The third-order valence-corrected chi connectivity index (χ3v) is 3.55. The standard InChI is InChI=1S/C14H12BrClFNO/c1-19-14-7-10(3-4-12(14)16)18-8-9-2-5-13(17)11(15)6-9/h2-7,18H,8H2,1H3. The summed E-state index contributed by atoms with van der Waals surface area (Å²) in [5.41, 5.74) is 1.86. The predicted octanol–water partition coefficient (Wildman–Crippen LogP) is 4.86. The quantitative estimate of drug-likeness (QED) is 0.855. The molecule has 0 heterocycles. The Morgan fingerprint density at radius 1 is 1.26 bits per heavy atom. The highest BCUT2D eigenvalue weighted by Gasteiger charge is 2.03. The molecule has 2 aromatic rings. The smallest absolute Gasteiger partial charge is 0.139 e. The Labute approximate surface area is 124 Å². The Kier molecular flexibility index (Phi) is 4.66. The fourth-order valence-corrected chi connectivity index (χ4v) is 2.24. The SMILES string of the molecule is COc1cc(NCc2ccc(F)c(Br)c2)ccc1Cl. The van der Waals surface area contributed by atoms with Crippen LogP contribution < -0.4 is 10.1 Å². The Hall–Kier alpha value is -1.26. The number of benzene rings is 2. The van der Waals surface area contributed by atoms with Crippen LogP contribution in [0.4, 0.5) is 10.1 Å². The molecule has 19 heavy (non-hydrogen) atoms. The summed E-state index contributed by atoms with van der Waals surface area (Å²) in [4.78, 5) is 0. The Bertz CT molecular complexity index is 592. The summed E-state index contributed by atoms with van der Waals surface area (Å²) >= 11 is 9.12. The molecule has 0 aliphatic heterocycles. The summed E-state index contributed by atoms with van der Waals surface area (Å²) in [5.74, 6) is 0.351. The maximum Gasteiger partial charge on any atom is 0.139 e. The molecular weight excluding hydrogens is 333 g/mol. The lowest BCUT2D eigenvalue weighted by Crippen LogP contribution is -2.00. The van der Waals surface area contributed by atoms with Crippen molar-refractivity contribution in [2.75, 3.05) is 12.4 Å². The Balaban J connectivity index is 2.07. The minimum absolute atomic E-state index is 0.267. The van der Waals surface area contributed by atoms with Gasteiger partial charge in [-0.1, -0.05) is 17.7 Å². The highest BCUT2D eigenvalue weighted by Crippen LogP contribution is 2.27. The summed E-state index contributed by atoms with van der Waals surface area (Å²) in [5, 5.41) is 3.79. The van der Waals surface area contributed by atoms with Crippen LogP contribution in [0, 0.1) is 5.82 Å². The molecule has 0 saturated heterocycles. The van der Waals surface area contributed by atoms with Crippen LogP contribution in [-0.2, 0) is 6.54 Å². The molecule has 0 aliphatic carbocycles. The van der Waals surface area contributed by atoms with Gasteiger partial charge in [0.1, 0.15) is 11.6 Å². The van der Waals surface area contributed by atoms with Crippen LogP contribution in [-0.4, -0.2) is 7.11 Å². The number of halogens is 3. The van der Waals surface area contributed by atoms with Gasteiger partial charge in [0.2, 0.25) is 0 Å². The first-order chi connectivity index (χ1) is 9.10. The second-order valence-electron chi connectivity index (χ2n) is 3.95. The summed E-state index contributed by atoms with van der Waals surface area (Å²) in [6, 6.07) is 10.4. The van der Waals surface area contributed by atoms with Gasteiger partial charge in [-0.3, -0.25) is 0 Å². The van der Waals surface area contributed by atoms with E-state index in [1.54, 1.807) is 25.3 Å². The summed E-state index contributed by atoms with van der Waals surface area (Å²) in [6.07, 6.45) is 0. The molecule has 100 valence electrons. The van der Waals surface area contributed by atoms with Gasteiger partial charge in [-0.05, 0) is 45.8 Å². The Morgan fingerprint density at radius 3 is 2.74 bits per heavy atom. The maximum absolute atomic E-state index is 13.1. The second-order valence-corrected chi connectivity index (χ2v) is 5.21. The van der Waals surface area contributed by atoms with E-state index in [9.17, 15) is 4.39 Å². The molecule has 0 aliphatic rings. The molecule has 1 N–H and O–H groups in total. The van der Waals surface area contributed by atoms with Gasteiger partial charge >= 0.3 is 0 Å². The van der Waals surface area contributed by atoms with Crippen molar-refractivity contribution >= 4 is 33.2 Å². The first-order valence-electron chi connectivity index (χ1n) is 5.61. The van der Waals surface area contributed by atoms with E-state index in [4.69, 9.17) is 16.3 Å². The molecule has 0 atom stereocenters. The van der Waals surface area contributed by atoms with Crippen molar-refractivity contribution in [3.05, 3.63) is 57.3 Å². The van der Waals surface area contributed by atoms with Crippen LogP contribution in [0.15, 0.2) is 40.9 Å². The van der Waals surface area contributed by atoms with Gasteiger partial charge in [-0.2, -0.15) is 0 Å². The van der Waals surface area contributed by atoms with Crippen LogP contribution in [0.5, 0.6) is 5.75 Å². The van der Waals surface area contributed by atoms with Crippen molar-refractivity contribution in [1.82, 2.24) is 0 Å². The largest absolute Gasteiger partial charge is 0.495 e. The van der Waals surface area contributed by atoms with E-state index in [1.807, 2.05) is 12.1 Å². The average Bonchev–Trinajstić information content (AvgIpc) is 2.41. The normalized spacial score (nSPS) is 10.3. The number of methoxy groups -OCH3 is 1. The predicted molar refractivity (Wildman–Crippen MR) is 79.4 cm³/mol. The molecule has 2 aromatic carbocycles. The van der Waals surface area contributed by atoms with Crippen LogP contribution >= 0.6 is 27.5 Å². The van der Waals surface area contributed by atoms with E-state index in [-0.39, 0.29) is 5.82 Å². The van der Waals surface area contributed by atoms with E-state index in [0.29, 0.717) is 21.8 Å². The first-order valence-corrected chi connectivity index (χ1v) is 6.78. The zero-order valence-corrected chi connectivity index (χ0v) is 12.6.